The van der Waals surface area contributed by atoms with E-state index < -0.39 is 31.2 Å². The number of hydrogen-bond donors (Lipinski definition) is 2. The van der Waals surface area contributed by atoms with Crippen LogP contribution in [0.25, 0.3) is 0 Å². The fourth-order valence-corrected chi connectivity index (χ4v) is 3.22. The van der Waals surface area contributed by atoms with Gasteiger partial charge in [-0.05, 0) is 18.1 Å². The van der Waals surface area contributed by atoms with E-state index in [4.69, 9.17) is 9.53 Å². The van der Waals surface area contributed by atoms with Gasteiger partial charge in [-0.1, -0.05) is 20.8 Å². The molecule has 1 saturated heterocycles. The average molecular weight is 277 g/mol. The molecule has 6 nitrogen and oxygen atoms in total. The molecule has 0 amide bonds. The van der Waals surface area contributed by atoms with Crippen LogP contribution in [0.5, 0.6) is 0 Å². The summed E-state index contributed by atoms with van der Waals surface area (Å²) in [5.74, 6) is -1.27. The summed E-state index contributed by atoms with van der Waals surface area (Å²) in [5, 5.41) is 30.1. The van der Waals surface area contributed by atoms with Crippen molar-refractivity contribution in [3.63, 3.8) is 0 Å². The number of nitrogens with zero attached hydrogens (tertiary/aromatic N) is 1. The number of carboxylic acid groups (broad SMARTS) is 1. The molecule has 0 saturated carbocycles. The summed E-state index contributed by atoms with van der Waals surface area (Å²) in [6, 6.07) is -1.33. The van der Waals surface area contributed by atoms with Gasteiger partial charge in [0.2, 0.25) is 6.04 Å². The zero-order chi connectivity index (χ0) is 14.4. The van der Waals surface area contributed by atoms with Gasteiger partial charge >= 0.3 is 5.97 Å². The van der Waals surface area contributed by atoms with E-state index >= 15 is 0 Å². The van der Waals surface area contributed by atoms with Crippen molar-refractivity contribution in [1.82, 2.24) is 0 Å². The fourth-order valence-electron chi connectivity index (χ4n) is 1.86. The minimum Gasteiger partial charge on any atom is -0.598 e. The molecule has 3 atom stereocenters. The van der Waals surface area contributed by atoms with Gasteiger partial charge in [0, 0.05) is 6.42 Å². The van der Waals surface area contributed by atoms with E-state index in [-0.39, 0.29) is 18.0 Å². The molecule has 0 spiro atoms. The van der Waals surface area contributed by atoms with E-state index in [9.17, 15) is 15.2 Å². The molecule has 0 aliphatic carbocycles. The van der Waals surface area contributed by atoms with E-state index in [0.29, 0.717) is 0 Å². The molecule has 1 unspecified atom stereocenters. The largest absolute Gasteiger partial charge is 0.598 e. The highest BCUT2D eigenvalue weighted by Gasteiger charge is 2.49. The smallest absolute Gasteiger partial charge is 0.366 e. The third-order valence-corrected chi connectivity index (χ3v) is 8.53. The zero-order valence-electron chi connectivity index (χ0n) is 11.6. The Hall–Kier alpha value is -0.473. The number of carboxylic acids is 1. The molecule has 18 heavy (non-hydrogen) atoms. The molecule has 0 bridgehead atoms. The first-order valence-electron chi connectivity index (χ1n) is 6.09. The van der Waals surface area contributed by atoms with Gasteiger partial charge in [0.05, 0.1) is 0 Å². The normalized spacial score (nSPS) is 33.7. The van der Waals surface area contributed by atoms with Gasteiger partial charge in [-0.2, -0.15) is 0 Å². The second-order valence-electron chi connectivity index (χ2n) is 6.53. The van der Waals surface area contributed by atoms with Gasteiger partial charge in [0.1, 0.15) is 12.6 Å². The summed E-state index contributed by atoms with van der Waals surface area (Å²) in [6.45, 7) is 10.1. The van der Waals surface area contributed by atoms with Gasteiger partial charge in [0.25, 0.3) is 0 Å². The first-order valence-corrected chi connectivity index (χ1v) is 9.00. The number of hydroxylamine groups is 4. The van der Waals surface area contributed by atoms with Crippen LogP contribution in [0, 0.1) is 5.21 Å². The van der Waals surface area contributed by atoms with E-state index in [2.05, 4.69) is 20.8 Å². The Labute approximate surface area is 108 Å². The van der Waals surface area contributed by atoms with Crippen LogP contribution < -0.4 is 0 Å². The maximum Gasteiger partial charge on any atom is 0.366 e. The predicted octanol–water partition coefficient (Wildman–Crippen LogP) is 1.94. The molecular formula is C11H23NO5Si. The maximum absolute atomic E-state index is 11.7. The standard InChI is InChI=1S/C11H23NO5Si/c1-11(2,3)18(4,5)17-8-6-9(10(13)14)12(15,16)7-8/h8-9,15H,6-7H2,1-5H3,(H,13,14)/t8-,9+/m1/s1. The van der Waals surface area contributed by atoms with Crippen LogP contribution in [-0.4, -0.2) is 48.1 Å². The van der Waals surface area contributed by atoms with Crippen LogP contribution in [0.4, 0.5) is 0 Å². The maximum atomic E-state index is 11.7. The van der Waals surface area contributed by atoms with E-state index in [1.54, 1.807) is 0 Å². The van der Waals surface area contributed by atoms with Crippen LogP contribution in [0.2, 0.25) is 18.1 Å². The van der Waals surface area contributed by atoms with Crippen molar-refractivity contribution < 1.29 is 24.3 Å². The Kier molecular flexibility index (Phi) is 3.96. The number of quaternary nitrogens is 1. The van der Waals surface area contributed by atoms with Gasteiger partial charge in [-0.3, -0.25) is 0 Å². The average Bonchev–Trinajstić information content (AvgIpc) is 2.37. The Bertz CT molecular complexity index is 337. The molecule has 0 aromatic rings. The minimum absolute atomic E-state index is 0.0116. The lowest BCUT2D eigenvalue weighted by molar-refractivity contribution is -1.07. The van der Waals surface area contributed by atoms with Crippen LogP contribution in [-0.2, 0) is 9.22 Å². The summed E-state index contributed by atoms with van der Waals surface area (Å²) in [5.41, 5.74) is 0. The molecule has 1 aliphatic rings. The lowest BCUT2D eigenvalue weighted by atomic mass is 10.2. The Morgan fingerprint density at radius 3 is 2.28 bits per heavy atom. The van der Waals surface area contributed by atoms with Crippen molar-refractivity contribution in [3.8, 4) is 0 Å². The summed E-state index contributed by atoms with van der Waals surface area (Å²) in [7, 11) is -2.05. The van der Waals surface area contributed by atoms with E-state index in [0.717, 1.165) is 0 Å². The number of rotatable bonds is 3. The molecule has 1 aliphatic heterocycles. The van der Waals surface area contributed by atoms with Crippen LogP contribution >= 0.6 is 0 Å². The Morgan fingerprint density at radius 1 is 1.44 bits per heavy atom. The molecule has 106 valence electrons. The molecular weight excluding hydrogens is 254 g/mol. The minimum atomic E-state index is -2.05. The monoisotopic (exact) mass is 277 g/mol. The predicted molar refractivity (Wildman–Crippen MR) is 68.4 cm³/mol. The quantitative estimate of drug-likeness (QED) is 0.467. The van der Waals surface area contributed by atoms with Gasteiger partial charge in [0.15, 0.2) is 8.32 Å². The van der Waals surface area contributed by atoms with Crippen LogP contribution in [0.1, 0.15) is 27.2 Å². The highest BCUT2D eigenvalue weighted by atomic mass is 28.4. The van der Waals surface area contributed by atoms with Gasteiger partial charge < -0.3 is 14.7 Å². The third kappa shape index (κ3) is 3.10. The third-order valence-electron chi connectivity index (χ3n) is 3.99. The van der Waals surface area contributed by atoms with Gasteiger partial charge in [-0.15, -0.1) is 0 Å². The fraction of sp³-hybridized carbons (Fsp3) is 0.909. The van der Waals surface area contributed by atoms with Crippen molar-refractivity contribution in [2.45, 2.75) is 57.5 Å². The molecule has 0 aromatic carbocycles. The van der Waals surface area contributed by atoms with E-state index in [1.807, 2.05) is 13.1 Å². The van der Waals surface area contributed by atoms with Crippen molar-refractivity contribution >= 4 is 14.3 Å². The van der Waals surface area contributed by atoms with Crippen molar-refractivity contribution in [1.29, 1.82) is 0 Å². The highest BCUT2D eigenvalue weighted by Crippen LogP contribution is 2.39. The Morgan fingerprint density at radius 2 is 1.94 bits per heavy atom. The lowest BCUT2D eigenvalue weighted by Crippen LogP contribution is -2.48. The van der Waals surface area contributed by atoms with E-state index in [1.165, 1.54) is 0 Å². The number of carbonyl (C=O) groups is 1. The molecule has 0 aromatic heterocycles. The summed E-state index contributed by atoms with van der Waals surface area (Å²) in [4.78, 5) is 9.18. The SMILES string of the molecule is CC(C)(C)[Si](C)(C)O[C@@H]1C[C@@H](C(=O)O)[N+]([O-])(O)C1. The Balaban J connectivity index is 2.76. The van der Waals surface area contributed by atoms with Crippen molar-refractivity contribution in [2.75, 3.05) is 6.54 Å². The second-order valence-corrected chi connectivity index (χ2v) is 11.3. The first-order chi connectivity index (χ1) is 7.87. The topological polar surface area (TPSA) is 89.8 Å². The number of hydrogen-bond acceptors (Lipinski definition) is 4. The molecule has 2 N–H and O–H groups in total. The second kappa shape index (κ2) is 4.57. The van der Waals surface area contributed by atoms with Crippen LogP contribution in [0.3, 0.4) is 0 Å². The van der Waals surface area contributed by atoms with Crippen molar-refractivity contribution in [3.05, 3.63) is 5.21 Å². The first kappa shape index (κ1) is 15.6. The molecule has 1 rings (SSSR count). The lowest BCUT2D eigenvalue weighted by Gasteiger charge is -2.38. The summed E-state index contributed by atoms with van der Waals surface area (Å²) < 4.78 is 5.98. The number of aliphatic carboxylic acids is 1. The molecule has 7 heteroatoms. The molecule has 0 radical (unpaired) electrons. The molecule has 1 fully saturated rings. The summed E-state index contributed by atoms with van der Waals surface area (Å²) >= 11 is 0. The molecule has 1 heterocycles. The van der Waals surface area contributed by atoms with Gasteiger partial charge in [-0.25, -0.2) is 14.8 Å². The van der Waals surface area contributed by atoms with Crippen LogP contribution in [0.15, 0.2) is 0 Å². The highest BCUT2D eigenvalue weighted by molar-refractivity contribution is 6.74. The zero-order valence-corrected chi connectivity index (χ0v) is 12.6. The summed E-state index contributed by atoms with van der Waals surface area (Å²) in [6.07, 6.45) is -0.406. The van der Waals surface area contributed by atoms with Crippen molar-refractivity contribution in [2.24, 2.45) is 0 Å².